The lowest BCUT2D eigenvalue weighted by molar-refractivity contribution is -0.115. The number of aryl methyl sites for hydroxylation is 1. The Kier molecular flexibility index (Phi) is 6.60. The first-order valence-electron chi connectivity index (χ1n) is 5.95. The average molecular weight is 268 g/mol. The molecular weight excluding hydrogens is 248 g/mol. The van der Waals surface area contributed by atoms with E-state index < -0.39 is 10.8 Å². The lowest BCUT2D eigenvalue weighted by Gasteiger charge is -2.06. The molecule has 0 radical (unpaired) electrons. The van der Waals surface area contributed by atoms with Crippen molar-refractivity contribution in [1.82, 2.24) is 5.32 Å². The maximum absolute atomic E-state index is 11.6. The Morgan fingerprint density at radius 3 is 2.56 bits per heavy atom. The van der Waals surface area contributed by atoms with Gasteiger partial charge in [-0.25, -0.2) is 0 Å². The Morgan fingerprint density at radius 2 is 1.94 bits per heavy atom. The third-order valence-electron chi connectivity index (χ3n) is 2.41. The third-order valence-corrected chi connectivity index (χ3v) is 3.27. The van der Waals surface area contributed by atoms with Crippen LogP contribution in [0.2, 0.25) is 0 Å². The molecule has 0 saturated carbocycles. The van der Waals surface area contributed by atoms with Crippen LogP contribution in [0.5, 0.6) is 0 Å². The van der Waals surface area contributed by atoms with E-state index in [-0.39, 0.29) is 12.5 Å². The van der Waals surface area contributed by atoms with Gasteiger partial charge < -0.3 is 10.6 Å². The van der Waals surface area contributed by atoms with Gasteiger partial charge in [-0.3, -0.25) is 9.00 Å². The van der Waals surface area contributed by atoms with Gasteiger partial charge >= 0.3 is 0 Å². The molecule has 0 heterocycles. The van der Waals surface area contributed by atoms with Crippen LogP contribution in [0.1, 0.15) is 12.0 Å². The van der Waals surface area contributed by atoms with Crippen molar-refractivity contribution >= 4 is 22.4 Å². The first-order valence-corrected chi connectivity index (χ1v) is 7.68. The Bertz CT molecular complexity index is 404. The highest BCUT2D eigenvalue weighted by atomic mass is 32.2. The van der Waals surface area contributed by atoms with Crippen molar-refractivity contribution in [3.8, 4) is 0 Å². The summed E-state index contributed by atoms with van der Waals surface area (Å²) in [6.07, 6.45) is 2.50. The van der Waals surface area contributed by atoms with Gasteiger partial charge in [-0.1, -0.05) is 17.7 Å². The summed E-state index contributed by atoms with van der Waals surface area (Å²) in [5, 5.41) is 5.83. The highest BCUT2D eigenvalue weighted by Gasteiger charge is 2.01. The number of amides is 1. The van der Waals surface area contributed by atoms with E-state index >= 15 is 0 Å². The monoisotopic (exact) mass is 268 g/mol. The fourth-order valence-electron chi connectivity index (χ4n) is 1.44. The van der Waals surface area contributed by atoms with Gasteiger partial charge in [0.1, 0.15) is 0 Å². The topological polar surface area (TPSA) is 58.2 Å². The minimum absolute atomic E-state index is 0.0588. The summed E-state index contributed by atoms with van der Waals surface area (Å²) in [6, 6.07) is 7.68. The summed E-state index contributed by atoms with van der Waals surface area (Å²) in [4.78, 5) is 11.6. The second kappa shape index (κ2) is 8.00. The van der Waals surface area contributed by atoms with Crippen LogP contribution in [0.3, 0.4) is 0 Å². The molecule has 0 aliphatic heterocycles. The van der Waals surface area contributed by atoms with Gasteiger partial charge in [-0.05, 0) is 32.0 Å². The molecular formula is C13H20N2O2S. The number of carbonyl (C=O) groups excluding carboxylic acids is 1. The van der Waals surface area contributed by atoms with Crippen molar-refractivity contribution in [2.75, 3.05) is 30.4 Å². The molecule has 0 aliphatic rings. The molecule has 1 aromatic rings. The molecule has 100 valence electrons. The predicted molar refractivity (Wildman–Crippen MR) is 76.2 cm³/mol. The Labute approximate surface area is 111 Å². The minimum atomic E-state index is -0.754. The van der Waals surface area contributed by atoms with Crippen molar-refractivity contribution in [2.24, 2.45) is 0 Å². The van der Waals surface area contributed by atoms with Gasteiger partial charge in [-0.15, -0.1) is 0 Å². The summed E-state index contributed by atoms with van der Waals surface area (Å²) in [7, 11) is -0.754. The summed E-state index contributed by atoms with van der Waals surface area (Å²) >= 11 is 0. The number of rotatable bonds is 7. The molecule has 0 aliphatic carbocycles. The van der Waals surface area contributed by atoms with Gasteiger partial charge in [0.2, 0.25) is 5.91 Å². The third kappa shape index (κ3) is 6.51. The molecule has 0 saturated heterocycles. The SMILES string of the molecule is Cc1ccc(NC(=O)CNCCCS(C)=O)cc1. The number of anilines is 1. The van der Waals surface area contributed by atoms with Crippen LogP contribution in [0.4, 0.5) is 5.69 Å². The van der Waals surface area contributed by atoms with E-state index in [1.807, 2.05) is 31.2 Å². The van der Waals surface area contributed by atoms with E-state index in [4.69, 9.17) is 0 Å². The quantitative estimate of drug-likeness (QED) is 0.733. The molecule has 1 unspecified atom stereocenters. The lowest BCUT2D eigenvalue weighted by atomic mass is 10.2. The van der Waals surface area contributed by atoms with Crippen molar-refractivity contribution < 1.29 is 9.00 Å². The maximum Gasteiger partial charge on any atom is 0.238 e. The first-order chi connectivity index (χ1) is 8.58. The zero-order valence-corrected chi connectivity index (χ0v) is 11.7. The van der Waals surface area contributed by atoms with Crippen LogP contribution >= 0.6 is 0 Å². The predicted octanol–water partition coefficient (Wildman–Crippen LogP) is 1.29. The van der Waals surface area contributed by atoms with Crippen molar-refractivity contribution in [3.05, 3.63) is 29.8 Å². The second-order valence-corrected chi connectivity index (χ2v) is 5.78. The number of nitrogens with one attached hydrogen (secondary N) is 2. The normalized spacial score (nSPS) is 12.1. The lowest BCUT2D eigenvalue weighted by Crippen LogP contribution is -2.29. The Hall–Kier alpha value is -1.20. The molecule has 0 spiro atoms. The molecule has 4 nitrogen and oxygen atoms in total. The van der Waals surface area contributed by atoms with E-state index in [0.717, 1.165) is 12.1 Å². The Balaban J connectivity index is 2.17. The van der Waals surface area contributed by atoms with Crippen molar-refractivity contribution in [3.63, 3.8) is 0 Å². The minimum Gasteiger partial charge on any atom is -0.325 e. The van der Waals surface area contributed by atoms with Gasteiger partial charge in [-0.2, -0.15) is 0 Å². The summed E-state index contributed by atoms with van der Waals surface area (Å²) in [5.74, 6) is 0.614. The first kappa shape index (κ1) is 14.9. The molecule has 0 fully saturated rings. The zero-order chi connectivity index (χ0) is 13.4. The summed E-state index contributed by atoms with van der Waals surface area (Å²) in [5.41, 5.74) is 1.97. The molecule has 1 aromatic carbocycles. The van der Waals surface area contributed by atoms with Crippen LogP contribution in [0, 0.1) is 6.92 Å². The van der Waals surface area contributed by atoms with Gasteiger partial charge in [0.25, 0.3) is 0 Å². The van der Waals surface area contributed by atoms with Gasteiger partial charge in [0, 0.05) is 28.5 Å². The fraction of sp³-hybridized carbons (Fsp3) is 0.462. The van der Waals surface area contributed by atoms with E-state index in [1.54, 1.807) is 6.26 Å². The van der Waals surface area contributed by atoms with E-state index in [9.17, 15) is 9.00 Å². The second-order valence-electron chi connectivity index (χ2n) is 4.22. The van der Waals surface area contributed by atoms with Gasteiger partial charge in [0.15, 0.2) is 0 Å². The standard InChI is InChI=1S/C13H20N2O2S/c1-11-4-6-12(7-5-11)15-13(16)10-14-8-3-9-18(2)17/h4-7,14H,3,8-10H2,1-2H3,(H,15,16). The highest BCUT2D eigenvalue weighted by molar-refractivity contribution is 7.84. The van der Waals surface area contributed by atoms with Crippen LogP contribution < -0.4 is 10.6 Å². The van der Waals surface area contributed by atoms with E-state index in [1.165, 1.54) is 5.56 Å². The van der Waals surface area contributed by atoms with Crippen molar-refractivity contribution in [2.45, 2.75) is 13.3 Å². The molecule has 0 aromatic heterocycles. The molecule has 2 N–H and O–H groups in total. The highest BCUT2D eigenvalue weighted by Crippen LogP contribution is 2.07. The number of hydrogen-bond donors (Lipinski definition) is 2. The van der Waals surface area contributed by atoms with Crippen molar-refractivity contribution in [1.29, 1.82) is 0 Å². The zero-order valence-electron chi connectivity index (χ0n) is 10.9. The molecule has 0 bridgehead atoms. The van der Waals surface area contributed by atoms with Gasteiger partial charge in [0.05, 0.1) is 6.54 Å². The summed E-state index contributed by atoms with van der Waals surface area (Å²) < 4.78 is 10.8. The average Bonchev–Trinajstić information content (AvgIpc) is 2.31. The molecule has 1 amide bonds. The smallest absolute Gasteiger partial charge is 0.238 e. The van der Waals surface area contributed by atoms with Crippen LogP contribution in [-0.4, -0.2) is 35.2 Å². The number of hydrogen-bond acceptors (Lipinski definition) is 3. The van der Waals surface area contributed by atoms with Crippen LogP contribution in [0.25, 0.3) is 0 Å². The van der Waals surface area contributed by atoms with Crippen LogP contribution in [0.15, 0.2) is 24.3 Å². The molecule has 1 rings (SSSR count). The number of carbonyl (C=O) groups is 1. The number of benzene rings is 1. The maximum atomic E-state index is 11.6. The summed E-state index contributed by atoms with van der Waals surface area (Å²) in [6.45, 7) is 3.00. The molecule has 18 heavy (non-hydrogen) atoms. The molecule has 1 atom stereocenters. The van der Waals surface area contributed by atoms with E-state index in [2.05, 4.69) is 10.6 Å². The van der Waals surface area contributed by atoms with Crippen LogP contribution in [-0.2, 0) is 15.6 Å². The molecule has 5 heteroatoms. The Morgan fingerprint density at radius 1 is 1.28 bits per heavy atom. The fourth-order valence-corrected chi connectivity index (χ4v) is 2.00. The van der Waals surface area contributed by atoms with E-state index in [0.29, 0.717) is 12.3 Å². The largest absolute Gasteiger partial charge is 0.325 e.